The number of amides is 1. The van der Waals surface area contributed by atoms with Crippen LogP contribution in [-0.4, -0.2) is 32.8 Å². The van der Waals surface area contributed by atoms with Crippen LogP contribution in [0.25, 0.3) is 5.65 Å². The molecule has 106 valence electrons. The fraction of sp³-hybridized carbons (Fsp3) is 0.429. The largest absolute Gasteiger partial charge is 0.334 e. The van der Waals surface area contributed by atoms with Crippen LogP contribution in [0.5, 0.6) is 0 Å². The molecule has 0 aromatic carbocycles. The van der Waals surface area contributed by atoms with Crippen LogP contribution in [0.15, 0.2) is 22.8 Å². The first-order valence-corrected chi connectivity index (χ1v) is 7.42. The number of pyridine rings is 1. The van der Waals surface area contributed by atoms with Gasteiger partial charge in [-0.1, -0.05) is 6.92 Å². The van der Waals surface area contributed by atoms with Crippen molar-refractivity contribution < 1.29 is 9.18 Å². The molecule has 4 nitrogen and oxygen atoms in total. The molecule has 3 heterocycles. The predicted molar refractivity (Wildman–Crippen MR) is 77.1 cm³/mol. The van der Waals surface area contributed by atoms with E-state index in [1.807, 2.05) is 6.92 Å². The number of carbonyl (C=O) groups excluding carboxylic acids is 1. The number of hydrogen-bond acceptors (Lipinski definition) is 2. The second kappa shape index (κ2) is 4.84. The summed E-state index contributed by atoms with van der Waals surface area (Å²) in [6, 6.07) is 3.58. The van der Waals surface area contributed by atoms with E-state index in [1.54, 1.807) is 23.2 Å². The number of nitrogens with zero attached hydrogens (tertiary/aromatic N) is 3. The van der Waals surface area contributed by atoms with E-state index < -0.39 is 5.95 Å². The lowest BCUT2D eigenvalue weighted by Gasteiger charge is -2.22. The molecule has 0 radical (unpaired) electrons. The first-order valence-electron chi connectivity index (χ1n) is 6.63. The lowest BCUT2D eigenvalue weighted by Crippen LogP contribution is -2.36. The summed E-state index contributed by atoms with van der Waals surface area (Å²) in [5, 5.41) is 0. The molecule has 20 heavy (non-hydrogen) atoms. The third kappa shape index (κ3) is 2.02. The number of imidazole rings is 1. The molecule has 0 aliphatic carbocycles. The zero-order chi connectivity index (χ0) is 14.4. The minimum Gasteiger partial charge on any atom is -0.334 e. The fourth-order valence-electron chi connectivity index (χ4n) is 2.64. The van der Waals surface area contributed by atoms with Crippen LogP contribution in [-0.2, 0) is 0 Å². The number of fused-ring (bicyclic) bond motifs is 1. The van der Waals surface area contributed by atoms with E-state index >= 15 is 0 Å². The Labute approximate surface area is 124 Å². The number of carbonyl (C=O) groups is 1. The molecule has 2 aromatic heterocycles. The highest BCUT2D eigenvalue weighted by Gasteiger charge is 2.34. The summed E-state index contributed by atoms with van der Waals surface area (Å²) >= 11 is 3.29. The molecule has 1 fully saturated rings. The highest BCUT2D eigenvalue weighted by atomic mass is 79.9. The summed E-state index contributed by atoms with van der Waals surface area (Å²) in [5.74, 6) is -0.481. The van der Waals surface area contributed by atoms with Gasteiger partial charge >= 0.3 is 0 Å². The number of aromatic nitrogens is 2. The van der Waals surface area contributed by atoms with Gasteiger partial charge in [0.15, 0.2) is 5.69 Å². The fourth-order valence-corrected chi connectivity index (χ4v) is 2.98. The van der Waals surface area contributed by atoms with Gasteiger partial charge in [-0.15, -0.1) is 0 Å². The second-order valence-corrected chi connectivity index (χ2v) is 6.25. The Balaban J connectivity index is 2.02. The molecule has 2 atom stereocenters. The average molecular weight is 340 g/mol. The van der Waals surface area contributed by atoms with Crippen molar-refractivity contribution in [2.75, 3.05) is 6.54 Å². The predicted octanol–water partition coefficient (Wildman–Crippen LogP) is 3.11. The van der Waals surface area contributed by atoms with Crippen LogP contribution in [0.4, 0.5) is 4.39 Å². The number of likely N-dealkylation sites (tertiary alicyclic amines) is 1. The zero-order valence-electron chi connectivity index (χ0n) is 11.3. The van der Waals surface area contributed by atoms with Gasteiger partial charge in [-0.25, -0.2) is 4.98 Å². The van der Waals surface area contributed by atoms with Crippen LogP contribution < -0.4 is 0 Å². The SMILES string of the molecule is CC1CCN(C(=O)c2nc3ccc(Br)cn3c2F)C1C. The average Bonchev–Trinajstić information content (AvgIpc) is 2.92. The van der Waals surface area contributed by atoms with Gasteiger partial charge in [-0.05, 0) is 47.3 Å². The molecule has 0 spiro atoms. The molecule has 1 amide bonds. The van der Waals surface area contributed by atoms with E-state index in [4.69, 9.17) is 0 Å². The number of halogens is 2. The van der Waals surface area contributed by atoms with Gasteiger partial charge in [0.25, 0.3) is 5.91 Å². The van der Waals surface area contributed by atoms with Gasteiger partial charge < -0.3 is 4.90 Å². The Bertz CT molecular complexity index is 684. The third-order valence-corrected chi connectivity index (χ3v) is 4.60. The standard InChI is InChI=1S/C14H15BrFN3O/c1-8-5-6-18(9(8)2)14(20)12-13(16)19-7-10(15)3-4-11(19)17-12/h3-4,7-9H,5-6H2,1-2H3. The van der Waals surface area contributed by atoms with Gasteiger partial charge in [0.05, 0.1) is 0 Å². The van der Waals surface area contributed by atoms with Gasteiger partial charge in [0.2, 0.25) is 5.95 Å². The Morgan fingerprint density at radius 2 is 2.20 bits per heavy atom. The van der Waals surface area contributed by atoms with E-state index in [9.17, 15) is 9.18 Å². The van der Waals surface area contributed by atoms with Gasteiger partial charge in [0, 0.05) is 23.3 Å². The molecule has 0 N–H and O–H groups in total. The summed E-state index contributed by atoms with van der Waals surface area (Å²) in [4.78, 5) is 18.3. The molecular weight excluding hydrogens is 325 g/mol. The van der Waals surface area contributed by atoms with Crippen LogP contribution in [0.1, 0.15) is 30.8 Å². The molecule has 0 bridgehead atoms. The Hall–Kier alpha value is -1.43. The lowest BCUT2D eigenvalue weighted by atomic mass is 10.1. The van der Waals surface area contributed by atoms with Gasteiger partial charge in [0.1, 0.15) is 5.65 Å². The topological polar surface area (TPSA) is 37.6 Å². The molecule has 1 saturated heterocycles. The molecule has 2 aromatic rings. The van der Waals surface area contributed by atoms with Crippen LogP contribution in [0, 0.1) is 11.9 Å². The third-order valence-electron chi connectivity index (χ3n) is 4.13. The van der Waals surface area contributed by atoms with Crippen molar-refractivity contribution in [3.05, 3.63) is 34.4 Å². The number of hydrogen-bond donors (Lipinski definition) is 0. The summed E-state index contributed by atoms with van der Waals surface area (Å²) in [7, 11) is 0. The van der Waals surface area contributed by atoms with E-state index in [2.05, 4.69) is 27.8 Å². The monoisotopic (exact) mass is 339 g/mol. The van der Waals surface area contributed by atoms with Crippen molar-refractivity contribution >= 4 is 27.5 Å². The quantitative estimate of drug-likeness (QED) is 0.800. The maximum Gasteiger partial charge on any atom is 0.277 e. The molecule has 2 unspecified atom stereocenters. The summed E-state index contributed by atoms with van der Waals surface area (Å²) in [6.45, 7) is 4.77. The normalized spacial score (nSPS) is 22.7. The maximum atomic E-state index is 14.4. The Morgan fingerprint density at radius 3 is 2.85 bits per heavy atom. The summed E-state index contributed by atoms with van der Waals surface area (Å²) in [6.07, 6.45) is 2.53. The van der Waals surface area contributed by atoms with E-state index in [0.29, 0.717) is 18.1 Å². The second-order valence-electron chi connectivity index (χ2n) is 5.33. The Morgan fingerprint density at radius 1 is 1.45 bits per heavy atom. The molecule has 1 aliphatic rings. The summed E-state index contributed by atoms with van der Waals surface area (Å²) < 4.78 is 16.4. The van der Waals surface area contributed by atoms with Crippen LogP contribution in [0.3, 0.4) is 0 Å². The smallest absolute Gasteiger partial charge is 0.277 e. The maximum absolute atomic E-state index is 14.4. The van der Waals surface area contributed by atoms with Crippen molar-refractivity contribution in [1.29, 1.82) is 0 Å². The van der Waals surface area contributed by atoms with Crippen molar-refractivity contribution in [2.45, 2.75) is 26.3 Å². The molecule has 6 heteroatoms. The van der Waals surface area contributed by atoms with E-state index in [1.165, 1.54) is 4.40 Å². The van der Waals surface area contributed by atoms with Crippen molar-refractivity contribution in [1.82, 2.24) is 14.3 Å². The molecular formula is C14H15BrFN3O. The molecule has 3 rings (SSSR count). The minimum absolute atomic E-state index is 0.0935. The summed E-state index contributed by atoms with van der Waals surface area (Å²) in [5.41, 5.74) is 0.345. The highest BCUT2D eigenvalue weighted by Crippen LogP contribution is 2.26. The van der Waals surface area contributed by atoms with Gasteiger partial charge in [-0.2, -0.15) is 4.39 Å². The molecule has 1 aliphatic heterocycles. The first-order chi connectivity index (χ1) is 9.49. The highest BCUT2D eigenvalue weighted by molar-refractivity contribution is 9.10. The van der Waals surface area contributed by atoms with Crippen molar-refractivity contribution in [2.24, 2.45) is 5.92 Å². The van der Waals surface area contributed by atoms with E-state index in [-0.39, 0.29) is 17.6 Å². The first kappa shape index (κ1) is 13.5. The van der Waals surface area contributed by atoms with Crippen LogP contribution in [0.2, 0.25) is 0 Å². The van der Waals surface area contributed by atoms with Crippen molar-refractivity contribution in [3.8, 4) is 0 Å². The zero-order valence-corrected chi connectivity index (χ0v) is 12.9. The minimum atomic E-state index is -0.599. The lowest BCUT2D eigenvalue weighted by molar-refractivity contribution is 0.0724. The van der Waals surface area contributed by atoms with Gasteiger partial charge in [-0.3, -0.25) is 9.20 Å². The molecule has 0 saturated carbocycles. The number of rotatable bonds is 1. The van der Waals surface area contributed by atoms with E-state index in [0.717, 1.165) is 10.9 Å². The van der Waals surface area contributed by atoms with Crippen LogP contribution >= 0.6 is 15.9 Å². The Kier molecular flexibility index (Phi) is 3.28. The van der Waals surface area contributed by atoms with Crippen molar-refractivity contribution in [3.63, 3.8) is 0 Å².